The zero-order valence-electron chi connectivity index (χ0n) is 64.2. The van der Waals surface area contributed by atoms with E-state index in [0.29, 0.717) is 23.9 Å². The van der Waals surface area contributed by atoms with E-state index >= 15 is 19.2 Å². The molecule has 1 aliphatic heterocycles. The lowest BCUT2D eigenvalue weighted by Crippen LogP contribution is -2.63. The van der Waals surface area contributed by atoms with Crippen LogP contribution in [0.15, 0.2) is 39.9 Å². The number of nitrogens with one attached hydrogen (secondary N) is 4. The van der Waals surface area contributed by atoms with Gasteiger partial charge in [0.2, 0.25) is 65.0 Å². The first-order valence-electron chi connectivity index (χ1n) is 35.4. The van der Waals surface area contributed by atoms with Crippen LogP contribution in [-0.4, -0.2) is 251 Å². The van der Waals surface area contributed by atoms with Gasteiger partial charge >= 0.3 is 0 Å². The molecule has 2 aromatic rings. The Balaban J connectivity index is 2.24. The number of hydrogen-bond donors (Lipinski definition) is 6. The van der Waals surface area contributed by atoms with Crippen LogP contribution in [0, 0.1) is 35.5 Å². The first-order chi connectivity index (χ1) is 47.1. The Labute approximate surface area is 598 Å². The van der Waals surface area contributed by atoms with Crippen molar-refractivity contribution in [1.29, 1.82) is 0 Å². The average molecular weight is 1420 g/mol. The minimum absolute atomic E-state index is 0.0284. The second kappa shape index (κ2) is 40.4. The molecular formula is C72H120N14O15. The van der Waals surface area contributed by atoms with Crippen LogP contribution in [0.5, 0.6) is 0 Å². The molecule has 29 heteroatoms. The fraction of sp³-hybridized carbons (Fsp3) is 0.708. The van der Waals surface area contributed by atoms with Gasteiger partial charge in [0.05, 0.1) is 18.8 Å². The van der Waals surface area contributed by atoms with Gasteiger partial charge < -0.3 is 80.4 Å². The van der Waals surface area contributed by atoms with E-state index in [4.69, 9.17) is 19.7 Å². The molecule has 0 spiro atoms. The Morgan fingerprint density at radius 3 is 1.71 bits per heavy atom. The standard InChI is InChI=1S/C72H120N14O15/c1-24-26-29-45(13)61(88)60-65(92)77-50(25-2)67(94)80(17)38-56(87)84(21)59(48(16)99-33-28-27-32-74-100-39-49-30-31-55-51(37-49)78-72(73)101-55)64(91)79-57(43(9)10)70(97)81(18)52(34-40(3)4)63(90)75-46(14)62(89)76-47(15)66(93)82(19)53(35-41(5)6)68(95)83(20)54(36-42(7)8)69(96)85(22)58(44(11)12)71(98)86(60)23/h24,26,30-32,37,40-48,50,52-54,57-61,88H,25,27-29,33-36,38-39H2,1-23H3,(H2,73,78)(H,75,90)(H,76,89)(H,77,92)(H,79,91)/b26-24+,74-32+/t45-,46+,47-,48-,50+,52+,53+,54+,57+,58+,59+,60-,61-/m1/s1. The molecule has 2 heterocycles. The number of amides is 11. The number of aliphatic hydroxyl groups excluding tert-OH is 1. The first-order valence-corrected chi connectivity index (χ1v) is 35.4. The van der Waals surface area contributed by atoms with Gasteiger partial charge in [0.1, 0.15) is 72.5 Å². The number of fused-ring (bicyclic) bond motifs is 1. The number of nitrogens with zero attached hydrogens (tertiary/aromatic N) is 9. The van der Waals surface area contributed by atoms with Crippen molar-refractivity contribution in [3.63, 3.8) is 0 Å². The number of aliphatic hydroxyl groups is 1. The van der Waals surface area contributed by atoms with Crippen LogP contribution >= 0.6 is 0 Å². The summed E-state index contributed by atoms with van der Waals surface area (Å²) in [4.78, 5) is 181. The second-order valence-electron chi connectivity index (χ2n) is 29.0. The quantitative estimate of drug-likeness (QED) is 0.0413. The van der Waals surface area contributed by atoms with E-state index in [1.54, 1.807) is 92.0 Å². The molecule has 1 fully saturated rings. The topological polar surface area (TPSA) is 362 Å². The van der Waals surface area contributed by atoms with Crippen LogP contribution in [0.4, 0.5) is 6.01 Å². The van der Waals surface area contributed by atoms with E-state index < -0.39 is 162 Å². The highest BCUT2D eigenvalue weighted by atomic mass is 16.6. The van der Waals surface area contributed by atoms with Crippen molar-refractivity contribution in [2.24, 2.45) is 40.7 Å². The van der Waals surface area contributed by atoms with Gasteiger partial charge in [0.15, 0.2) is 5.58 Å². The van der Waals surface area contributed by atoms with Crippen LogP contribution in [-0.2, 0) is 68.9 Å². The Morgan fingerprint density at radius 2 is 1.16 bits per heavy atom. The summed E-state index contributed by atoms with van der Waals surface area (Å²) in [6.45, 7) is 27.0. The Hall–Kier alpha value is -8.21. The van der Waals surface area contributed by atoms with Crippen LogP contribution in [0.2, 0.25) is 0 Å². The maximum atomic E-state index is 15.3. The molecule has 7 N–H and O–H groups in total. The number of hydrogen-bond acceptors (Lipinski definition) is 18. The zero-order chi connectivity index (χ0) is 76.8. The van der Waals surface area contributed by atoms with Gasteiger partial charge in [-0.05, 0) is 126 Å². The van der Waals surface area contributed by atoms with Gasteiger partial charge in [-0.2, -0.15) is 4.98 Å². The fourth-order valence-electron chi connectivity index (χ4n) is 12.3. The van der Waals surface area contributed by atoms with Crippen molar-refractivity contribution in [2.45, 2.75) is 235 Å². The van der Waals surface area contributed by atoms with Crippen LogP contribution in [0.3, 0.4) is 0 Å². The molecule has 0 bridgehead atoms. The van der Waals surface area contributed by atoms with Crippen molar-refractivity contribution in [2.75, 3.05) is 68.2 Å². The number of oxazole rings is 1. The van der Waals surface area contributed by atoms with E-state index in [1.165, 1.54) is 82.8 Å². The molecule has 1 aliphatic rings. The molecule has 1 aromatic carbocycles. The maximum absolute atomic E-state index is 15.3. The van der Waals surface area contributed by atoms with E-state index in [2.05, 4.69) is 31.4 Å². The number of ether oxygens (including phenoxy) is 1. The highest BCUT2D eigenvalue weighted by Gasteiger charge is 2.46. The van der Waals surface area contributed by atoms with Gasteiger partial charge in [-0.25, -0.2) is 0 Å². The third-order valence-corrected chi connectivity index (χ3v) is 18.4. The molecule has 29 nitrogen and oxygen atoms in total. The van der Waals surface area contributed by atoms with Gasteiger partial charge in [-0.1, -0.05) is 106 Å². The minimum Gasteiger partial charge on any atom is -0.424 e. The largest absolute Gasteiger partial charge is 0.424 e. The summed E-state index contributed by atoms with van der Waals surface area (Å²) < 4.78 is 11.6. The predicted molar refractivity (Wildman–Crippen MR) is 385 cm³/mol. The number of aromatic nitrogens is 1. The third-order valence-electron chi connectivity index (χ3n) is 18.4. The summed E-state index contributed by atoms with van der Waals surface area (Å²) in [6, 6.07) is -7.81. The number of oxime groups is 1. The molecule has 3 rings (SSSR count). The average Bonchev–Trinajstić information content (AvgIpc) is 1.41. The van der Waals surface area contributed by atoms with Gasteiger partial charge in [-0.3, -0.25) is 52.7 Å². The van der Waals surface area contributed by atoms with Gasteiger partial charge in [-0.15, -0.1) is 0 Å². The van der Waals surface area contributed by atoms with Crippen molar-refractivity contribution in [1.82, 2.24) is 60.6 Å². The highest BCUT2D eigenvalue weighted by Crippen LogP contribution is 2.26. The predicted octanol–water partition coefficient (Wildman–Crippen LogP) is 4.33. The highest BCUT2D eigenvalue weighted by molar-refractivity contribution is 6.00. The molecule has 0 unspecified atom stereocenters. The SMILES string of the molecule is C/C=C/C[C@@H](C)[C@@H](O)[C@@H]1C(=O)N[C@@H](CC)C(=O)N(C)CC(=O)N(C)[C@@H]([C@@H](C)OCCC/C=N/OCc2ccc3oc(N)nc3c2)C(=O)N[C@@H](C(C)C)C(=O)N(C)[C@@H](CC(C)C)C(=O)N[C@@H](C)C(=O)N[C@H](C)C(=O)N(C)[C@@H](CC(C)C)C(=O)N(C)[C@@H](CC(C)C)C(=O)N(C)[C@@H](C(C)C)C(=O)N1C. The van der Waals surface area contributed by atoms with E-state index in [9.17, 15) is 38.7 Å². The summed E-state index contributed by atoms with van der Waals surface area (Å²) in [7, 11) is 9.74. The summed E-state index contributed by atoms with van der Waals surface area (Å²) in [5.41, 5.74) is 7.56. The first kappa shape index (κ1) is 87.0. The molecule has 1 saturated heterocycles. The van der Waals surface area contributed by atoms with Gasteiger partial charge in [0.25, 0.3) is 6.01 Å². The number of nitrogens with two attached hydrogens (primary N) is 1. The number of nitrogen functional groups attached to an aromatic ring is 1. The molecule has 0 aliphatic carbocycles. The number of carbonyl (C=O) groups is 11. The molecule has 101 heavy (non-hydrogen) atoms. The molecule has 13 atom stereocenters. The molecule has 11 amide bonds. The van der Waals surface area contributed by atoms with Crippen LogP contribution in [0.25, 0.3) is 11.1 Å². The summed E-state index contributed by atoms with van der Waals surface area (Å²) in [5, 5.41) is 27.3. The molecule has 0 radical (unpaired) electrons. The summed E-state index contributed by atoms with van der Waals surface area (Å²) >= 11 is 0. The second-order valence-corrected chi connectivity index (χ2v) is 29.0. The van der Waals surface area contributed by atoms with Crippen molar-refractivity contribution >= 4 is 88.3 Å². The lowest BCUT2D eigenvalue weighted by molar-refractivity contribution is -0.157. The minimum atomic E-state index is -1.66. The van der Waals surface area contributed by atoms with E-state index in [1.807, 2.05) is 41.5 Å². The number of unbranched alkanes of at least 4 members (excludes halogenated alkanes) is 1. The van der Waals surface area contributed by atoms with E-state index in [-0.39, 0.29) is 69.1 Å². The summed E-state index contributed by atoms with van der Waals surface area (Å²) in [5.74, 6) is -10.4. The number of benzene rings is 1. The Morgan fingerprint density at radius 1 is 0.624 bits per heavy atom. The molecule has 568 valence electrons. The molecular weight excluding hydrogens is 1300 g/mol. The molecule has 1 aromatic heterocycles. The smallest absolute Gasteiger partial charge is 0.292 e. The third kappa shape index (κ3) is 24.5. The van der Waals surface area contributed by atoms with Crippen molar-refractivity contribution < 1.29 is 71.8 Å². The molecule has 0 saturated carbocycles. The van der Waals surface area contributed by atoms with Crippen LogP contribution < -0.4 is 27.0 Å². The Kier molecular flexibility index (Phi) is 34.8. The Bertz CT molecular complexity index is 3190. The number of carbonyl (C=O) groups excluding carboxylic acids is 11. The summed E-state index contributed by atoms with van der Waals surface area (Å²) in [6.07, 6.45) is 3.88. The zero-order valence-corrected chi connectivity index (χ0v) is 64.2. The number of rotatable bonds is 22. The number of allylic oxidation sites excluding steroid dienone is 2. The monoisotopic (exact) mass is 1420 g/mol. The van der Waals surface area contributed by atoms with E-state index in [0.717, 1.165) is 20.3 Å². The van der Waals surface area contributed by atoms with Crippen molar-refractivity contribution in [3.05, 3.63) is 35.9 Å². The van der Waals surface area contributed by atoms with Crippen molar-refractivity contribution in [3.8, 4) is 0 Å². The maximum Gasteiger partial charge on any atom is 0.292 e. The fourth-order valence-corrected chi connectivity index (χ4v) is 12.3. The van der Waals surface area contributed by atoms with Crippen LogP contribution in [0.1, 0.15) is 161 Å². The van der Waals surface area contributed by atoms with Gasteiger partial charge in [0, 0.05) is 62.2 Å². The number of anilines is 1. The number of likely N-dealkylation sites (N-methyl/N-ethyl adjacent to an activating group) is 7. The lowest BCUT2D eigenvalue weighted by atomic mass is 9.91. The normalized spacial score (nSPS) is 24.9. The lowest BCUT2D eigenvalue weighted by Gasteiger charge is -2.41.